The lowest BCUT2D eigenvalue weighted by atomic mass is 9.95. The normalized spacial score (nSPS) is 15.5. The predicted octanol–water partition coefficient (Wildman–Crippen LogP) is 2.15. The molecule has 6 heteroatoms. The summed E-state index contributed by atoms with van der Waals surface area (Å²) < 4.78 is 4.66. The second kappa shape index (κ2) is 5.48. The number of nitrogens with one attached hydrogen (secondary N) is 2. The lowest BCUT2D eigenvalue weighted by molar-refractivity contribution is -0.124. The Hall–Kier alpha value is -1.75. The second-order valence-corrected chi connectivity index (χ2v) is 4.83. The van der Waals surface area contributed by atoms with Gasteiger partial charge in [-0.25, -0.2) is 10.2 Å². The Balaban J connectivity index is 1.98. The third-order valence-electron chi connectivity index (χ3n) is 3.13. The molecule has 0 radical (unpaired) electrons. The molecule has 19 heavy (non-hydrogen) atoms. The molecule has 2 rings (SSSR count). The van der Waals surface area contributed by atoms with Gasteiger partial charge in [0.2, 0.25) is 5.91 Å². The Morgan fingerprint density at radius 3 is 2.42 bits per heavy atom. The van der Waals surface area contributed by atoms with Crippen LogP contribution < -0.4 is 10.9 Å². The number of benzene rings is 1. The van der Waals surface area contributed by atoms with Gasteiger partial charge in [0.05, 0.1) is 12.0 Å². The molecule has 1 aliphatic rings. The highest BCUT2D eigenvalue weighted by Crippen LogP contribution is 2.48. The summed E-state index contributed by atoms with van der Waals surface area (Å²) >= 11 is 5.83. The van der Waals surface area contributed by atoms with Gasteiger partial charge in [-0.2, -0.15) is 0 Å². The second-order valence-electron chi connectivity index (χ2n) is 4.39. The van der Waals surface area contributed by atoms with Crippen LogP contribution in [0.3, 0.4) is 0 Å². The van der Waals surface area contributed by atoms with E-state index in [1.54, 1.807) is 19.1 Å². The summed E-state index contributed by atoms with van der Waals surface area (Å²) in [6.45, 7) is 1.95. The number of hydrogen-bond donors (Lipinski definition) is 2. The number of hydrazine groups is 1. The summed E-state index contributed by atoms with van der Waals surface area (Å²) in [4.78, 5) is 23.2. The van der Waals surface area contributed by atoms with Gasteiger partial charge in [0.25, 0.3) is 0 Å². The Morgan fingerprint density at radius 1 is 1.26 bits per heavy atom. The molecule has 1 aromatic rings. The molecule has 0 aromatic heterocycles. The molecule has 0 unspecified atom stereocenters. The smallest absolute Gasteiger partial charge is 0.426 e. The zero-order chi connectivity index (χ0) is 13.9. The Kier molecular flexibility index (Phi) is 3.95. The van der Waals surface area contributed by atoms with Crippen LogP contribution in [0.2, 0.25) is 5.02 Å². The van der Waals surface area contributed by atoms with Crippen molar-refractivity contribution in [2.24, 2.45) is 0 Å². The molecule has 2 N–H and O–H groups in total. The number of amides is 2. The maximum atomic E-state index is 12.1. The van der Waals surface area contributed by atoms with Crippen LogP contribution in [0.25, 0.3) is 0 Å². The van der Waals surface area contributed by atoms with Crippen molar-refractivity contribution in [3.63, 3.8) is 0 Å². The molecule has 5 nitrogen and oxygen atoms in total. The number of halogens is 1. The molecule has 0 heterocycles. The van der Waals surface area contributed by atoms with Gasteiger partial charge in [0.1, 0.15) is 0 Å². The fourth-order valence-corrected chi connectivity index (χ4v) is 2.06. The van der Waals surface area contributed by atoms with Crippen molar-refractivity contribution in [2.75, 3.05) is 6.61 Å². The summed E-state index contributed by atoms with van der Waals surface area (Å²) in [5.74, 6) is -0.233. The summed E-state index contributed by atoms with van der Waals surface area (Å²) in [6.07, 6.45) is 0.846. The monoisotopic (exact) mass is 282 g/mol. The molecule has 0 spiro atoms. The highest BCUT2D eigenvalue weighted by Gasteiger charge is 2.51. The van der Waals surface area contributed by atoms with Crippen molar-refractivity contribution >= 4 is 23.6 Å². The molecule has 102 valence electrons. The fourth-order valence-electron chi connectivity index (χ4n) is 1.94. The summed E-state index contributed by atoms with van der Waals surface area (Å²) in [5, 5.41) is 0.629. The molecule has 1 aromatic carbocycles. The number of carbonyl (C=O) groups excluding carboxylic acids is 2. The van der Waals surface area contributed by atoms with E-state index in [4.69, 9.17) is 11.6 Å². The van der Waals surface area contributed by atoms with E-state index in [0.29, 0.717) is 5.02 Å². The van der Waals surface area contributed by atoms with Gasteiger partial charge in [-0.15, -0.1) is 0 Å². The highest BCUT2D eigenvalue weighted by atomic mass is 35.5. The third-order valence-corrected chi connectivity index (χ3v) is 3.39. The largest absolute Gasteiger partial charge is 0.449 e. The molecule has 1 aliphatic carbocycles. The number of ether oxygens (including phenoxy) is 1. The highest BCUT2D eigenvalue weighted by molar-refractivity contribution is 6.30. The van der Waals surface area contributed by atoms with Crippen LogP contribution in [0.1, 0.15) is 25.3 Å². The minimum Gasteiger partial charge on any atom is -0.449 e. The Labute approximate surface area is 116 Å². The molecule has 0 aliphatic heterocycles. The van der Waals surface area contributed by atoms with Gasteiger partial charge in [-0.05, 0) is 37.5 Å². The van der Waals surface area contributed by atoms with Crippen LogP contribution in [0, 0.1) is 0 Å². The van der Waals surface area contributed by atoms with E-state index >= 15 is 0 Å². The van der Waals surface area contributed by atoms with Crippen LogP contribution in [0.15, 0.2) is 24.3 Å². The zero-order valence-electron chi connectivity index (χ0n) is 10.5. The molecular formula is C13H15ClN2O3. The maximum absolute atomic E-state index is 12.1. The topological polar surface area (TPSA) is 67.4 Å². The summed E-state index contributed by atoms with van der Waals surface area (Å²) in [7, 11) is 0. The van der Waals surface area contributed by atoms with Crippen molar-refractivity contribution in [3.8, 4) is 0 Å². The van der Waals surface area contributed by atoms with Crippen molar-refractivity contribution in [2.45, 2.75) is 25.2 Å². The molecule has 0 saturated heterocycles. The van der Waals surface area contributed by atoms with Crippen molar-refractivity contribution < 1.29 is 14.3 Å². The summed E-state index contributed by atoms with van der Waals surface area (Å²) in [5.41, 5.74) is 4.96. The van der Waals surface area contributed by atoms with Gasteiger partial charge in [-0.1, -0.05) is 23.7 Å². The molecular weight excluding hydrogens is 268 g/mol. The number of hydrogen-bond acceptors (Lipinski definition) is 3. The van der Waals surface area contributed by atoms with Crippen LogP contribution >= 0.6 is 11.6 Å². The van der Waals surface area contributed by atoms with Crippen LogP contribution in [0.4, 0.5) is 4.79 Å². The minimum atomic E-state index is -0.664. The van der Waals surface area contributed by atoms with E-state index in [-0.39, 0.29) is 12.5 Å². The van der Waals surface area contributed by atoms with E-state index in [9.17, 15) is 9.59 Å². The third kappa shape index (κ3) is 2.98. The first-order chi connectivity index (χ1) is 9.08. The van der Waals surface area contributed by atoms with Gasteiger partial charge in [-0.3, -0.25) is 10.2 Å². The average molecular weight is 283 g/mol. The quantitative estimate of drug-likeness (QED) is 0.835. The lowest BCUT2D eigenvalue weighted by Crippen LogP contribution is -2.46. The number of rotatable bonds is 3. The maximum Gasteiger partial charge on any atom is 0.426 e. The lowest BCUT2D eigenvalue weighted by Gasteiger charge is -2.16. The predicted molar refractivity (Wildman–Crippen MR) is 70.7 cm³/mol. The summed E-state index contributed by atoms with van der Waals surface area (Å²) in [6, 6.07) is 7.17. The Morgan fingerprint density at radius 2 is 1.89 bits per heavy atom. The van der Waals surface area contributed by atoms with E-state index in [0.717, 1.165) is 18.4 Å². The molecule has 2 amide bonds. The van der Waals surface area contributed by atoms with Crippen molar-refractivity contribution in [1.29, 1.82) is 0 Å². The van der Waals surface area contributed by atoms with Crippen LogP contribution in [-0.2, 0) is 14.9 Å². The SMILES string of the molecule is CCOC(=O)NNC(=O)C1(c2ccc(Cl)cc2)CC1. The van der Waals surface area contributed by atoms with E-state index in [1.807, 2.05) is 12.1 Å². The first kappa shape index (κ1) is 13.7. The van der Waals surface area contributed by atoms with E-state index < -0.39 is 11.5 Å². The van der Waals surface area contributed by atoms with Gasteiger partial charge in [0.15, 0.2) is 0 Å². The van der Waals surface area contributed by atoms with E-state index in [2.05, 4.69) is 15.6 Å². The van der Waals surface area contributed by atoms with Crippen molar-refractivity contribution in [1.82, 2.24) is 10.9 Å². The average Bonchev–Trinajstić information content (AvgIpc) is 3.19. The molecule has 0 atom stereocenters. The first-order valence-corrected chi connectivity index (χ1v) is 6.45. The first-order valence-electron chi connectivity index (χ1n) is 6.08. The van der Waals surface area contributed by atoms with Crippen molar-refractivity contribution in [3.05, 3.63) is 34.9 Å². The minimum absolute atomic E-state index is 0.233. The molecule has 0 bridgehead atoms. The van der Waals surface area contributed by atoms with Gasteiger partial charge < -0.3 is 4.74 Å². The fraction of sp³-hybridized carbons (Fsp3) is 0.385. The van der Waals surface area contributed by atoms with Crippen LogP contribution in [-0.4, -0.2) is 18.6 Å². The van der Waals surface area contributed by atoms with E-state index in [1.165, 1.54) is 0 Å². The van der Waals surface area contributed by atoms with Crippen LogP contribution in [0.5, 0.6) is 0 Å². The zero-order valence-corrected chi connectivity index (χ0v) is 11.3. The van der Waals surface area contributed by atoms with Gasteiger partial charge >= 0.3 is 6.09 Å². The van der Waals surface area contributed by atoms with Gasteiger partial charge in [0, 0.05) is 5.02 Å². The molecule has 1 fully saturated rings. The molecule has 1 saturated carbocycles. The number of carbonyl (C=O) groups is 2. The Bertz CT molecular complexity index is 483. The standard InChI is InChI=1S/C13H15ClN2O3/c1-2-19-12(18)16-15-11(17)13(7-8-13)9-3-5-10(14)6-4-9/h3-6H,2,7-8H2,1H3,(H,15,17)(H,16,18).